The quantitative estimate of drug-likeness (QED) is 0.816. The number of rotatable bonds is 4. The van der Waals surface area contributed by atoms with E-state index in [0.29, 0.717) is 30.4 Å². The van der Waals surface area contributed by atoms with Crippen molar-refractivity contribution in [1.82, 2.24) is 0 Å². The van der Waals surface area contributed by atoms with Crippen molar-refractivity contribution in [1.29, 1.82) is 5.26 Å². The van der Waals surface area contributed by atoms with Crippen molar-refractivity contribution in [3.8, 4) is 11.8 Å². The van der Waals surface area contributed by atoms with E-state index in [1.165, 1.54) is 0 Å². The zero-order chi connectivity index (χ0) is 11.3. The van der Waals surface area contributed by atoms with Gasteiger partial charge < -0.3 is 10.5 Å². The third-order valence-electron chi connectivity index (χ3n) is 1.97. The Morgan fingerprint density at radius 2 is 2.20 bits per heavy atom. The van der Waals surface area contributed by atoms with E-state index < -0.39 is 0 Å². The molecule has 15 heavy (non-hydrogen) atoms. The van der Waals surface area contributed by atoms with Crippen molar-refractivity contribution in [2.75, 3.05) is 6.61 Å². The number of hydrogen-bond acceptors (Lipinski definition) is 3. The highest BCUT2D eigenvalue weighted by atomic mass is 16.5. The molecule has 0 unspecified atom stereocenters. The second-order valence-electron chi connectivity index (χ2n) is 3.85. The molecule has 3 nitrogen and oxygen atoms in total. The lowest BCUT2D eigenvalue weighted by molar-refractivity contribution is 0.270. The van der Waals surface area contributed by atoms with E-state index in [9.17, 15) is 0 Å². The van der Waals surface area contributed by atoms with Gasteiger partial charge in [0.2, 0.25) is 0 Å². The molecule has 1 aromatic carbocycles. The SMILES string of the molecule is CC(C)COc1ccc(CN)cc1C#N. The molecule has 0 heterocycles. The normalized spacial score (nSPS) is 10.1. The maximum absolute atomic E-state index is 8.93. The highest BCUT2D eigenvalue weighted by Gasteiger charge is 2.05. The predicted octanol–water partition coefficient (Wildman–Crippen LogP) is 2.05. The highest BCUT2D eigenvalue weighted by Crippen LogP contribution is 2.19. The predicted molar refractivity (Wildman–Crippen MR) is 59.4 cm³/mol. The van der Waals surface area contributed by atoms with Gasteiger partial charge in [0, 0.05) is 6.54 Å². The molecule has 1 aromatic rings. The van der Waals surface area contributed by atoms with E-state index in [4.69, 9.17) is 15.7 Å². The molecule has 3 heteroatoms. The van der Waals surface area contributed by atoms with Crippen molar-refractivity contribution >= 4 is 0 Å². The van der Waals surface area contributed by atoms with Crippen LogP contribution in [0.2, 0.25) is 0 Å². The van der Waals surface area contributed by atoms with Crippen LogP contribution in [0.1, 0.15) is 25.0 Å². The van der Waals surface area contributed by atoms with Gasteiger partial charge in [0.05, 0.1) is 12.2 Å². The molecule has 0 aromatic heterocycles. The lowest BCUT2D eigenvalue weighted by atomic mass is 10.1. The zero-order valence-corrected chi connectivity index (χ0v) is 9.16. The molecule has 0 aliphatic carbocycles. The molecule has 80 valence electrons. The third kappa shape index (κ3) is 3.26. The van der Waals surface area contributed by atoms with Gasteiger partial charge in [0.1, 0.15) is 11.8 Å². The van der Waals surface area contributed by atoms with Crippen LogP contribution < -0.4 is 10.5 Å². The average molecular weight is 204 g/mol. The number of nitrogens with two attached hydrogens (primary N) is 1. The summed E-state index contributed by atoms with van der Waals surface area (Å²) >= 11 is 0. The molecular weight excluding hydrogens is 188 g/mol. The summed E-state index contributed by atoms with van der Waals surface area (Å²) in [5, 5.41) is 8.93. The molecule has 0 aliphatic rings. The molecule has 0 aliphatic heterocycles. The van der Waals surface area contributed by atoms with Gasteiger partial charge in [-0.25, -0.2) is 0 Å². The highest BCUT2D eigenvalue weighted by molar-refractivity contribution is 5.45. The number of benzene rings is 1. The molecular formula is C12H16N2O. The zero-order valence-electron chi connectivity index (χ0n) is 9.16. The average Bonchev–Trinajstić information content (AvgIpc) is 2.25. The van der Waals surface area contributed by atoms with Crippen LogP contribution in [0.3, 0.4) is 0 Å². The van der Waals surface area contributed by atoms with Crippen molar-refractivity contribution < 1.29 is 4.74 Å². The van der Waals surface area contributed by atoms with Crippen LogP contribution >= 0.6 is 0 Å². The second kappa shape index (κ2) is 5.38. The summed E-state index contributed by atoms with van der Waals surface area (Å²) in [6, 6.07) is 7.58. The first-order valence-corrected chi connectivity index (χ1v) is 5.03. The Labute approximate surface area is 90.5 Å². The molecule has 0 spiro atoms. The van der Waals surface area contributed by atoms with Gasteiger partial charge in [-0.15, -0.1) is 0 Å². The third-order valence-corrected chi connectivity index (χ3v) is 1.97. The minimum Gasteiger partial charge on any atom is -0.492 e. The Morgan fingerprint density at radius 3 is 2.73 bits per heavy atom. The fourth-order valence-electron chi connectivity index (χ4n) is 1.17. The molecule has 0 bridgehead atoms. The van der Waals surface area contributed by atoms with Gasteiger partial charge in [-0.05, 0) is 23.6 Å². The standard InChI is InChI=1S/C12H16N2O/c1-9(2)8-15-12-4-3-10(6-13)5-11(12)7-14/h3-5,9H,6,8,13H2,1-2H3. The minimum absolute atomic E-state index is 0.444. The van der Waals surface area contributed by atoms with Gasteiger partial charge in [-0.1, -0.05) is 19.9 Å². The maximum Gasteiger partial charge on any atom is 0.137 e. The van der Waals surface area contributed by atoms with Crippen molar-refractivity contribution in [2.24, 2.45) is 11.7 Å². The Morgan fingerprint density at radius 1 is 1.47 bits per heavy atom. The fraction of sp³-hybridized carbons (Fsp3) is 0.417. The van der Waals surface area contributed by atoms with Gasteiger partial charge in [0.25, 0.3) is 0 Å². The molecule has 0 atom stereocenters. The number of nitrogens with zero attached hydrogens (tertiary/aromatic N) is 1. The number of nitriles is 1. The maximum atomic E-state index is 8.93. The number of ether oxygens (including phenoxy) is 1. The largest absolute Gasteiger partial charge is 0.492 e. The summed E-state index contributed by atoms with van der Waals surface area (Å²) in [6.45, 7) is 5.20. The van der Waals surface area contributed by atoms with Gasteiger partial charge in [-0.3, -0.25) is 0 Å². The Bertz CT molecular complexity index is 366. The van der Waals surface area contributed by atoms with Crippen molar-refractivity contribution in [3.05, 3.63) is 29.3 Å². The van der Waals surface area contributed by atoms with Crippen LogP contribution in [0, 0.1) is 17.2 Å². The summed E-state index contributed by atoms with van der Waals surface area (Å²) < 4.78 is 5.53. The fourth-order valence-corrected chi connectivity index (χ4v) is 1.17. The summed E-state index contributed by atoms with van der Waals surface area (Å²) in [5.41, 5.74) is 7.00. The van der Waals surface area contributed by atoms with Gasteiger partial charge in [0.15, 0.2) is 0 Å². The van der Waals surface area contributed by atoms with Gasteiger partial charge in [-0.2, -0.15) is 5.26 Å². The van der Waals surface area contributed by atoms with E-state index in [0.717, 1.165) is 5.56 Å². The molecule has 0 radical (unpaired) electrons. The summed E-state index contributed by atoms with van der Waals surface area (Å²) in [7, 11) is 0. The van der Waals surface area contributed by atoms with Crippen LogP contribution in [0.15, 0.2) is 18.2 Å². The van der Waals surface area contributed by atoms with Crippen molar-refractivity contribution in [3.63, 3.8) is 0 Å². The minimum atomic E-state index is 0.444. The van der Waals surface area contributed by atoms with Crippen LogP contribution in [0.25, 0.3) is 0 Å². The van der Waals surface area contributed by atoms with Crippen LogP contribution in [0.4, 0.5) is 0 Å². The second-order valence-corrected chi connectivity index (χ2v) is 3.85. The first-order valence-electron chi connectivity index (χ1n) is 5.03. The van der Waals surface area contributed by atoms with Crippen LogP contribution in [-0.4, -0.2) is 6.61 Å². The lowest BCUT2D eigenvalue weighted by Crippen LogP contribution is -2.06. The summed E-state index contributed by atoms with van der Waals surface area (Å²) in [5.74, 6) is 1.09. The summed E-state index contributed by atoms with van der Waals surface area (Å²) in [4.78, 5) is 0. The van der Waals surface area contributed by atoms with E-state index in [2.05, 4.69) is 19.9 Å². The first kappa shape index (κ1) is 11.5. The molecule has 2 N–H and O–H groups in total. The molecule has 0 saturated heterocycles. The van der Waals surface area contributed by atoms with Crippen LogP contribution in [0.5, 0.6) is 5.75 Å². The van der Waals surface area contributed by atoms with Gasteiger partial charge >= 0.3 is 0 Å². The number of hydrogen-bond donors (Lipinski definition) is 1. The molecule has 1 rings (SSSR count). The monoisotopic (exact) mass is 204 g/mol. The Balaban J connectivity index is 2.84. The first-order chi connectivity index (χ1) is 7.17. The lowest BCUT2D eigenvalue weighted by Gasteiger charge is -2.10. The van der Waals surface area contributed by atoms with E-state index in [1.807, 2.05) is 12.1 Å². The molecule has 0 saturated carbocycles. The Hall–Kier alpha value is -1.53. The van der Waals surface area contributed by atoms with E-state index in [1.54, 1.807) is 6.07 Å². The Kier molecular flexibility index (Phi) is 4.14. The van der Waals surface area contributed by atoms with Crippen molar-refractivity contribution in [2.45, 2.75) is 20.4 Å². The topological polar surface area (TPSA) is 59.0 Å². The smallest absolute Gasteiger partial charge is 0.137 e. The van der Waals surface area contributed by atoms with Crippen LogP contribution in [-0.2, 0) is 6.54 Å². The van der Waals surface area contributed by atoms with E-state index in [-0.39, 0.29) is 0 Å². The molecule has 0 fully saturated rings. The molecule has 0 amide bonds. The summed E-state index contributed by atoms with van der Waals surface area (Å²) in [6.07, 6.45) is 0. The van der Waals surface area contributed by atoms with E-state index >= 15 is 0 Å².